The molecule has 0 aromatic carbocycles. The van der Waals surface area contributed by atoms with Crippen LogP contribution in [0.2, 0.25) is 0 Å². The van der Waals surface area contributed by atoms with Crippen molar-refractivity contribution < 1.29 is 0 Å². The van der Waals surface area contributed by atoms with Crippen molar-refractivity contribution in [3.8, 4) is 0 Å². The number of rotatable bonds is 2. The number of nitrogens with one attached hydrogen (secondary N) is 2. The van der Waals surface area contributed by atoms with Crippen LogP contribution in [0.1, 0.15) is 49.8 Å². The molecule has 0 radical (unpaired) electrons. The largest absolute Gasteiger partial charge is 0.367 e. The summed E-state index contributed by atoms with van der Waals surface area (Å²) < 4.78 is 0. The first-order chi connectivity index (χ1) is 9.43. The highest BCUT2D eigenvalue weighted by Gasteiger charge is 2.17. The lowest BCUT2D eigenvalue weighted by atomic mass is 10.1. The summed E-state index contributed by atoms with van der Waals surface area (Å²) in [7, 11) is 0. The Morgan fingerprint density at radius 2 is 1.95 bits per heavy atom. The molecule has 1 aromatic rings. The van der Waals surface area contributed by atoms with Crippen LogP contribution in [0.5, 0.6) is 0 Å². The molecule has 1 fully saturated rings. The fraction of sp³-hybridized carbons (Fsp3) is 0.733. The molecule has 104 valence electrons. The molecule has 1 unspecified atom stereocenters. The zero-order chi connectivity index (χ0) is 12.9. The number of fused-ring (bicyclic) bond motifs is 1. The molecule has 1 aromatic heterocycles. The topological polar surface area (TPSA) is 49.8 Å². The van der Waals surface area contributed by atoms with E-state index in [0.29, 0.717) is 6.04 Å². The summed E-state index contributed by atoms with van der Waals surface area (Å²) in [4.78, 5) is 9.00. The summed E-state index contributed by atoms with van der Waals surface area (Å²) in [6, 6.07) is 0.567. The summed E-state index contributed by atoms with van der Waals surface area (Å²) in [6.45, 7) is 2.27. The molecule has 4 heteroatoms. The third-order valence-corrected chi connectivity index (χ3v) is 4.29. The maximum absolute atomic E-state index is 4.52. The van der Waals surface area contributed by atoms with Gasteiger partial charge in [-0.25, -0.2) is 9.97 Å². The van der Waals surface area contributed by atoms with E-state index < -0.39 is 0 Å². The molecule has 1 aliphatic carbocycles. The van der Waals surface area contributed by atoms with Gasteiger partial charge >= 0.3 is 0 Å². The van der Waals surface area contributed by atoms with Gasteiger partial charge in [0.15, 0.2) is 0 Å². The fourth-order valence-electron chi connectivity index (χ4n) is 3.18. The fourth-order valence-corrected chi connectivity index (χ4v) is 3.18. The van der Waals surface area contributed by atoms with Gasteiger partial charge in [-0.05, 0) is 58.0 Å². The van der Waals surface area contributed by atoms with Gasteiger partial charge in [0.25, 0.3) is 0 Å². The molecular weight excluding hydrogens is 236 g/mol. The third-order valence-electron chi connectivity index (χ3n) is 4.29. The molecule has 19 heavy (non-hydrogen) atoms. The molecule has 2 aliphatic rings. The summed E-state index contributed by atoms with van der Waals surface area (Å²) in [5.74, 6) is 1.11. The predicted molar refractivity (Wildman–Crippen MR) is 77.4 cm³/mol. The molecular formula is C15H24N4. The van der Waals surface area contributed by atoms with Gasteiger partial charge in [-0.2, -0.15) is 0 Å². The second-order valence-electron chi connectivity index (χ2n) is 5.73. The first kappa shape index (κ1) is 12.9. The van der Waals surface area contributed by atoms with Crippen molar-refractivity contribution in [1.82, 2.24) is 15.3 Å². The van der Waals surface area contributed by atoms with Crippen molar-refractivity contribution in [1.29, 1.82) is 0 Å². The van der Waals surface area contributed by atoms with Crippen LogP contribution < -0.4 is 10.6 Å². The summed E-state index contributed by atoms with van der Waals surface area (Å²) in [5, 5.41) is 7.15. The van der Waals surface area contributed by atoms with Gasteiger partial charge in [0, 0.05) is 17.3 Å². The number of nitrogens with zero attached hydrogens (tertiary/aromatic N) is 2. The van der Waals surface area contributed by atoms with Crippen LogP contribution in [-0.4, -0.2) is 29.1 Å². The highest BCUT2D eigenvalue weighted by molar-refractivity contribution is 5.47. The Kier molecular flexibility index (Phi) is 4.28. The molecule has 0 amide bonds. The Morgan fingerprint density at radius 1 is 1.00 bits per heavy atom. The quantitative estimate of drug-likeness (QED) is 0.801. The Hall–Kier alpha value is -1.16. The molecule has 3 rings (SSSR count). The van der Waals surface area contributed by atoms with Crippen molar-refractivity contribution >= 4 is 5.82 Å². The minimum Gasteiger partial charge on any atom is -0.367 e. The number of aromatic nitrogens is 2. The smallest absolute Gasteiger partial charge is 0.133 e. The number of aryl methyl sites for hydroxylation is 1. The lowest BCUT2D eigenvalue weighted by Gasteiger charge is -2.19. The van der Waals surface area contributed by atoms with Gasteiger partial charge in [-0.15, -0.1) is 0 Å². The lowest BCUT2D eigenvalue weighted by molar-refractivity contribution is 0.632. The lowest BCUT2D eigenvalue weighted by Crippen LogP contribution is -2.23. The van der Waals surface area contributed by atoms with E-state index in [1.807, 2.05) is 0 Å². The number of hydrogen-bond acceptors (Lipinski definition) is 4. The maximum Gasteiger partial charge on any atom is 0.133 e. The van der Waals surface area contributed by atoms with Crippen molar-refractivity contribution in [2.75, 3.05) is 18.4 Å². The monoisotopic (exact) mass is 260 g/mol. The van der Waals surface area contributed by atoms with E-state index in [1.165, 1.54) is 49.8 Å². The van der Waals surface area contributed by atoms with Crippen molar-refractivity contribution in [2.45, 2.75) is 57.4 Å². The molecule has 1 saturated heterocycles. The molecule has 1 atom stereocenters. The van der Waals surface area contributed by atoms with Gasteiger partial charge in [-0.3, -0.25) is 0 Å². The van der Waals surface area contributed by atoms with Crippen LogP contribution in [0, 0.1) is 0 Å². The van der Waals surface area contributed by atoms with Crippen molar-refractivity contribution in [2.24, 2.45) is 0 Å². The van der Waals surface area contributed by atoms with Crippen LogP contribution in [0.15, 0.2) is 6.33 Å². The van der Waals surface area contributed by atoms with Crippen LogP contribution in [0.3, 0.4) is 0 Å². The first-order valence-corrected chi connectivity index (χ1v) is 7.73. The van der Waals surface area contributed by atoms with E-state index in [4.69, 9.17) is 0 Å². The Labute approximate surface area is 115 Å². The van der Waals surface area contributed by atoms with Crippen LogP contribution in [0.4, 0.5) is 5.82 Å². The van der Waals surface area contributed by atoms with Crippen LogP contribution in [0.25, 0.3) is 0 Å². The Bertz CT molecular complexity index is 411. The molecule has 2 heterocycles. The Morgan fingerprint density at radius 3 is 2.95 bits per heavy atom. The molecule has 0 saturated carbocycles. The minimum absolute atomic E-state index is 0.567. The van der Waals surface area contributed by atoms with Crippen LogP contribution in [-0.2, 0) is 12.8 Å². The number of hydrogen-bond donors (Lipinski definition) is 2. The summed E-state index contributed by atoms with van der Waals surface area (Å²) >= 11 is 0. The normalized spacial score (nSPS) is 24.1. The molecule has 0 bridgehead atoms. The minimum atomic E-state index is 0.567. The van der Waals surface area contributed by atoms with E-state index in [-0.39, 0.29) is 0 Å². The second-order valence-corrected chi connectivity index (χ2v) is 5.73. The van der Waals surface area contributed by atoms with Crippen molar-refractivity contribution in [3.63, 3.8) is 0 Å². The van der Waals surface area contributed by atoms with Gasteiger partial charge in [0.1, 0.15) is 12.1 Å². The van der Waals surface area contributed by atoms with Crippen LogP contribution >= 0.6 is 0 Å². The van der Waals surface area contributed by atoms with Gasteiger partial charge in [-0.1, -0.05) is 6.42 Å². The molecule has 1 aliphatic heterocycles. The third kappa shape index (κ3) is 3.24. The van der Waals surface area contributed by atoms with E-state index in [1.54, 1.807) is 6.33 Å². The predicted octanol–water partition coefficient (Wildman–Crippen LogP) is 2.30. The zero-order valence-corrected chi connectivity index (χ0v) is 11.6. The SMILES string of the molecule is c1nc2c(c(NC3CCCNCC3)n1)CCCCC2. The zero-order valence-electron chi connectivity index (χ0n) is 11.6. The Balaban J connectivity index is 1.76. The highest BCUT2D eigenvalue weighted by Crippen LogP contribution is 2.25. The summed E-state index contributed by atoms with van der Waals surface area (Å²) in [6.07, 6.45) is 11.6. The van der Waals surface area contributed by atoms with E-state index >= 15 is 0 Å². The molecule has 2 N–H and O–H groups in total. The summed E-state index contributed by atoms with van der Waals surface area (Å²) in [5.41, 5.74) is 2.67. The van der Waals surface area contributed by atoms with E-state index in [2.05, 4.69) is 20.6 Å². The van der Waals surface area contributed by atoms with Gasteiger partial charge in [0.05, 0.1) is 0 Å². The van der Waals surface area contributed by atoms with E-state index in [0.717, 1.165) is 31.7 Å². The molecule has 0 spiro atoms. The average Bonchev–Trinajstić information content (AvgIpc) is 2.81. The van der Waals surface area contributed by atoms with E-state index in [9.17, 15) is 0 Å². The van der Waals surface area contributed by atoms with Crippen molar-refractivity contribution in [3.05, 3.63) is 17.6 Å². The number of anilines is 1. The van der Waals surface area contributed by atoms with Gasteiger partial charge in [0.2, 0.25) is 0 Å². The first-order valence-electron chi connectivity index (χ1n) is 7.73. The second kappa shape index (κ2) is 6.33. The maximum atomic E-state index is 4.52. The highest BCUT2D eigenvalue weighted by atomic mass is 15.0. The average molecular weight is 260 g/mol. The standard InChI is InChI=1S/C15H24N4/c1-2-6-13-14(7-3-1)17-11-18-15(13)19-12-5-4-9-16-10-8-12/h11-12,16H,1-10H2,(H,17,18,19). The van der Waals surface area contributed by atoms with Gasteiger partial charge < -0.3 is 10.6 Å². The molecule has 4 nitrogen and oxygen atoms in total.